The van der Waals surface area contributed by atoms with Crippen LogP contribution in [0.5, 0.6) is 17.2 Å². The van der Waals surface area contributed by atoms with E-state index in [-0.39, 0.29) is 30.0 Å². The Morgan fingerprint density at radius 1 is 1.03 bits per heavy atom. The second-order valence-electron chi connectivity index (χ2n) is 7.24. The van der Waals surface area contributed by atoms with Crippen molar-refractivity contribution in [3.8, 4) is 17.2 Å². The molecule has 0 aliphatic carbocycles. The van der Waals surface area contributed by atoms with Crippen LogP contribution in [0.4, 0.5) is 11.4 Å². The molecular weight excluding hydrogens is 458 g/mol. The smallest absolute Gasteiger partial charge is 0.259 e. The highest BCUT2D eigenvalue weighted by Gasteiger charge is 2.18. The number of rotatable bonds is 9. The monoisotopic (exact) mass is 485 g/mol. The predicted octanol–water partition coefficient (Wildman–Crippen LogP) is 4.08. The van der Waals surface area contributed by atoms with Crippen molar-refractivity contribution in [2.75, 3.05) is 37.5 Å². The zero-order valence-electron chi connectivity index (χ0n) is 19.0. The summed E-state index contributed by atoms with van der Waals surface area (Å²) in [7, 11) is 3.10. The molecule has 0 fully saturated rings. The molecule has 0 spiro atoms. The maximum atomic E-state index is 12.9. The third-order valence-electron chi connectivity index (χ3n) is 4.98. The average molecular weight is 486 g/mol. The van der Waals surface area contributed by atoms with Gasteiger partial charge in [-0.25, -0.2) is 0 Å². The molecule has 8 nitrogen and oxygen atoms in total. The lowest BCUT2D eigenvalue weighted by atomic mass is 10.1. The molecule has 0 radical (unpaired) electrons. The molecule has 0 aromatic heterocycles. The fraction of sp³-hybridized carbons (Fsp3) is 0.200. The molecule has 0 bridgehead atoms. The third-order valence-corrected chi connectivity index (χ3v) is 4.98. The summed E-state index contributed by atoms with van der Waals surface area (Å²) < 4.78 is 11.1. The molecule has 34 heavy (non-hydrogen) atoms. The fourth-order valence-electron chi connectivity index (χ4n) is 3.15. The van der Waals surface area contributed by atoms with E-state index >= 15 is 0 Å². The number of phenols is 1. The van der Waals surface area contributed by atoms with Gasteiger partial charge >= 0.3 is 0 Å². The molecule has 4 N–H and O–H groups in total. The predicted molar refractivity (Wildman–Crippen MR) is 135 cm³/mol. The Bertz CT molecular complexity index is 1120. The molecule has 0 saturated heterocycles. The number of nitrogens with two attached hydrogens (primary N) is 1. The molecule has 0 aliphatic heterocycles. The van der Waals surface area contributed by atoms with Crippen molar-refractivity contribution >= 4 is 35.6 Å². The van der Waals surface area contributed by atoms with Crippen molar-refractivity contribution in [1.29, 1.82) is 0 Å². The standard InChI is InChI=1S/C25H27N3O5.ClH/c1-28(18-9-11-19(29)12-10-18)25(31)17-8-13-21(23(16-17)32-2)27-24(30)20-6-3-4-7-22(20)33-15-5-14-26;/h3-4,6-13,16,29H,5,14-15,26H2,1-2H3,(H,27,30);1H. The summed E-state index contributed by atoms with van der Waals surface area (Å²) in [5.41, 5.74) is 7.31. The molecule has 0 saturated carbocycles. The van der Waals surface area contributed by atoms with Crippen LogP contribution in [0, 0.1) is 0 Å². The molecule has 3 aromatic rings. The number of halogens is 1. The minimum absolute atomic E-state index is 0. The number of methoxy groups -OCH3 is 1. The normalized spacial score (nSPS) is 10.1. The maximum Gasteiger partial charge on any atom is 0.259 e. The van der Waals surface area contributed by atoms with Gasteiger partial charge in [0.1, 0.15) is 17.2 Å². The lowest BCUT2D eigenvalue weighted by Gasteiger charge is -2.19. The van der Waals surface area contributed by atoms with Crippen LogP contribution in [0.1, 0.15) is 27.1 Å². The van der Waals surface area contributed by atoms with Gasteiger partial charge in [-0.1, -0.05) is 12.1 Å². The molecule has 0 aliphatic rings. The van der Waals surface area contributed by atoms with Crippen LogP contribution in [-0.2, 0) is 0 Å². The highest BCUT2D eigenvalue weighted by Crippen LogP contribution is 2.29. The zero-order chi connectivity index (χ0) is 23.8. The van der Waals surface area contributed by atoms with Gasteiger partial charge in [-0.2, -0.15) is 0 Å². The van der Waals surface area contributed by atoms with Crippen LogP contribution in [-0.4, -0.2) is 44.2 Å². The van der Waals surface area contributed by atoms with Crippen molar-refractivity contribution in [2.45, 2.75) is 6.42 Å². The van der Waals surface area contributed by atoms with Gasteiger partial charge in [0.15, 0.2) is 0 Å². The summed E-state index contributed by atoms with van der Waals surface area (Å²) in [6, 6.07) is 18.0. The number of hydrogen-bond acceptors (Lipinski definition) is 6. The number of benzene rings is 3. The minimum Gasteiger partial charge on any atom is -0.508 e. The van der Waals surface area contributed by atoms with Gasteiger partial charge in [0.2, 0.25) is 0 Å². The first-order valence-electron chi connectivity index (χ1n) is 10.4. The topological polar surface area (TPSA) is 114 Å². The summed E-state index contributed by atoms with van der Waals surface area (Å²) in [5, 5.41) is 12.3. The Morgan fingerprint density at radius 3 is 2.41 bits per heavy atom. The first-order chi connectivity index (χ1) is 15.9. The third kappa shape index (κ3) is 6.40. The van der Waals surface area contributed by atoms with Gasteiger partial charge < -0.3 is 30.5 Å². The summed E-state index contributed by atoms with van der Waals surface area (Å²) in [5.74, 6) is 0.291. The number of anilines is 2. The van der Waals surface area contributed by atoms with Crippen LogP contribution >= 0.6 is 12.4 Å². The largest absolute Gasteiger partial charge is 0.508 e. The van der Waals surface area contributed by atoms with Gasteiger partial charge in [0.25, 0.3) is 11.8 Å². The summed E-state index contributed by atoms with van der Waals surface area (Å²) in [6.45, 7) is 0.911. The van der Waals surface area contributed by atoms with Crippen LogP contribution in [0.15, 0.2) is 66.7 Å². The second-order valence-corrected chi connectivity index (χ2v) is 7.24. The molecule has 0 heterocycles. The first-order valence-corrected chi connectivity index (χ1v) is 10.4. The molecule has 9 heteroatoms. The highest BCUT2D eigenvalue weighted by atomic mass is 35.5. The number of amides is 2. The number of carbonyl (C=O) groups excluding carboxylic acids is 2. The van der Waals surface area contributed by atoms with E-state index in [2.05, 4.69) is 5.32 Å². The van der Waals surface area contributed by atoms with Crippen LogP contribution in [0.25, 0.3) is 0 Å². The zero-order valence-corrected chi connectivity index (χ0v) is 19.8. The Kier molecular flexibility index (Phi) is 9.73. The lowest BCUT2D eigenvalue weighted by molar-refractivity contribution is 0.0991. The molecule has 0 unspecified atom stereocenters. The van der Waals surface area contributed by atoms with Crippen LogP contribution in [0.3, 0.4) is 0 Å². The number of nitrogens with zero attached hydrogens (tertiary/aromatic N) is 1. The lowest BCUT2D eigenvalue weighted by Crippen LogP contribution is -2.26. The quantitative estimate of drug-likeness (QED) is 0.393. The Labute approximate surface area is 204 Å². The van der Waals surface area contributed by atoms with E-state index in [0.29, 0.717) is 53.6 Å². The number of ether oxygens (including phenoxy) is 2. The van der Waals surface area contributed by atoms with Gasteiger partial charge in [-0.3, -0.25) is 9.59 Å². The SMILES string of the molecule is COc1cc(C(=O)N(C)c2ccc(O)cc2)ccc1NC(=O)c1ccccc1OCCCN.Cl. The number of carbonyl (C=O) groups is 2. The Hall–Kier alpha value is -3.75. The first kappa shape index (κ1) is 26.5. The molecule has 2 amide bonds. The maximum absolute atomic E-state index is 12.9. The van der Waals surface area contributed by atoms with Crippen molar-refractivity contribution in [1.82, 2.24) is 0 Å². The number of phenolic OH excluding ortho intramolecular Hbond substituents is 1. The molecule has 3 rings (SSSR count). The van der Waals surface area contributed by atoms with E-state index in [0.717, 1.165) is 0 Å². The van der Waals surface area contributed by atoms with Crippen molar-refractivity contribution in [3.05, 3.63) is 77.9 Å². The molecule has 180 valence electrons. The van der Waals surface area contributed by atoms with Crippen molar-refractivity contribution < 1.29 is 24.2 Å². The van der Waals surface area contributed by atoms with Gasteiger partial charge in [-0.05, 0) is 67.6 Å². The number of para-hydroxylation sites is 1. The van der Waals surface area contributed by atoms with Crippen LogP contribution in [0.2, 0.25) is 0 Å². The van der Waals surface area contributed by atoms with E-state index in [1.54, 1.807) is 61.6 Å². The Morgan fingerprint density at radius 2 is 1.74 bits per heavy atom. The minimum atomic E-state index is -0.364. The second kappa shape index (κ2) is 12.5. The van der Waals surface area contributed by atoms with E-state index in [9.17, 15) is 14.7 Å². The number of aromatic hydroxyl groups is 1. The number of nitrogens with one attached hydrogen (secondary N) is 1. The molecular formula is C25H28ClN3O5. The van der Waals surface area contributed by atoms with Gasteiger partial charge in [0, 0.05) is 18.3 Å². The van der Waals surface area contributed by atoms with E-state index in [4.69, 9.17) is 15.2 Å². The summed E-state index contributed by atoms with van der Waals surface area (Å²) in [4.78, 5) is 27.3. The molecule has 0 atom stereocenters. The Balaban J connectivity index is 0.00000408. The van der Waals surface area contributed by atoms with Crippen LogP contribution < -0.4 is 25.4 Å². The van der Waals surface area contributed by atoms with Crippen molar-refractivity contribution in [2.24, 2.45) is 5.73 Å². The summed E-state index contributed by atoms with van der Waals surface area (Å²) >= 11 is 0. The van der Waals surface area contributed by atoms with E-state index < -0.39 is 0 Å². The van der Waals surface area contributed by atoms with E-state index in [1.165, 1.54) is 24.1 Å². The number of hydrogen-bond donors (Lipinski definition) is 3. The molecule has 3 aromatic carbocycles. The fourth-order valence-corrected chi connectivity index (χ4v) is 3.15. The van der Waals surface area contributed by atoms with Gasteiger partial charge in [0.05, 0.1) is 25.0 Å². The van der Waals surface area contributed by atoms with Crippen molar-refractivity contribution in [3.63, 3.8) is 0 Å². The average Bonchev–Trinajstić information content (AvgIpc) is 2.84. The highest BCUT2D eigenvalue weighted by molar-refractivity contribution is 6.09. The van der Waals surface area contributed by atoms with Gasteiger partial charge in [-0.15, -0.1) is 12.4 Å². The summed E-state index contributed by atoms with van der Waals surface area (Å²) in [6.07, 6.45) is 0.678. The van der Waals surface area contributed by atoms with E-state index in [1.807, 2.05) is 0 Å².